The van der Waals surface area contributed by atoms with Gasteiger partial charge >= 0.3 is 5.69 Å². The van der Waals surface area contributed by atoms with E-state index in [0.717, 1.165) is 10.9 Å². The van der Waals surface area contributed by atoms with E-state index in [2.05, 4.69) is 21.8 Å². The highest BCUT2D eigenvalue weighted by atomic mass is 16.5. The number of nitrogen functional groups attached to an aromatic ring is 1. The molecule has 0 saturated carbocycles. The van der Waals surface area contributed by atoms with Crippen molar-refractivity contribution < 1.29 is 14.9 Å². The fraction of sp³-hybridized carbons (Fsp3) is 0.545. The molecule has 0 bridgehead atoms. The number of nitrogens with zero attached hydrogens (tertiary/aromatic N) is 3. The molecule has 2 rings (SSSR count). The third-order valence-electron chi connectivity index (χ3n) is 3.07. The van der Waals surface area contributed by atoms with Gasteiger partial charge in [0.1, 0.15) is 18.5 Å². The molecule has 1 aromatic rings. The van der Waals surface area contributed by atoms with Crippen molar-refractivity contribution in [1.29, 1.82) is 0 Å². The molecular formula is C11H15N5O4. The van der Waals surface area contributed by atoms with E-state index >= 15 is 0 Å². The third-order valence-corrected chi connectivity index (χ3v) is 3.07. The number of hydrogen-bond donors (Lipinski definition) is 4. The number of aliphatic hydroxyl groups excluding tert-OH is 2. The molecular weight excluding hydrogens is 266 g/mol. The quantitative estimate of drug-likeness (QED) is 0.424. The van der Waals surface area contributed by atoms with Crippen LogP contribution in [0.5, 0.6) is 0 Å². The van der Waals surface area contributed by atoms with E-state index in [1.54, 1.807) is 0 Å². The first-order valence-electron chi connectivity index (χ1n) is 5.82. The van der Waals surface area contributed by atoms with Crippen LogP contribution in [0.15, 0.2) is 11.1 Å². The second kappa shape index (κ2) is 5.18. The number of aromatic nitrogens is 3. The molecule has 1 aromatic heterocycles. The lowest BCUT2D eigenvalue weighted by Gasteiger charge is -2.27. The molecule has 1 aliphatic heterocycles. The van der Waals surface area contributed by atoms with Gasteiger partial charge in [-0.3, -0.25) is 4.57 Å². The maximum absolute atomic E-state index is 11.8. The Kier molecular flexibility index (Phi) is 3.74. The monoisotopic (exact) mass is 281 g/mol. The number of rotatable bonds is 2. The van der Waals surface area contributed by atoms with Crippen LogP contribution < -0.4 is 17.2 Å². The van der Waals surface area contributed by atoms with Gasteiger partial charge in [0.25, 0.3) is 0 Å². The Labute approximate surface area is 114 Å². The minimum atomic E-state index is -1.56. The normalized spacial score (nSPS) is 32.7. The molecule has 4 atom stereocenters. The zero-order chi connectivity index (χ0) is 14.9. The van der Waals surface area contributed by atoms with Crippen LogP contribution in [0.1, 0.15) is 13.2 Å². The summed E-state index contributed by atoms with van der Waals surface area (Å²) >= 11 is 0. The molecule has 1 aliphatic rings. The van der Waals surface area contributed by atoms with E-state index in [9.17, 15) is 15.0 Å². The molecule has 0 aromatic carbocycles. The minimum absolute atomic E-state index is 0.187. The lowest BCUT2D eigenvalue weighted by Crippen LogP contribution is -2.55. The highest BCUT2D eigenvalue weighted by Gasteiger charge is 2.54. The van der Waals surface area contributed by atoms with Gasteiger partial charge in [0.05, 0.1) is 6.61 Å². The Morgan fingerprint density at radius 3 is 2.90 bits per heavy atom. The summed E-state index contributed by atoms with van der Waals surface area (Å²) in [6.07, 6.45) is -2.25. The fourth-order valence-electron chi connectivity index (χ4n) is 2.11. The largest absolute Gasteiger partial charge is 0.394 e. The average molecular weight is 281 g/mol. The van der Waals surface area contributed by atoms with Crippen LogP contribution in [0.3, 0.4) is 0 Å². The summed E-state index contributed by atoms with van der Waals surface area (Å²) in [5.41, 5.74) is 9.07. The van der Waals surface area contributed by atoms with Crippen molar-refractivity contribution in [2.24, 2.45) is 5.73 Å². The summed E-state index contributed by atoms with van der Waals surface area (Å²) in [6, 6.07) is 0. The molecule has 1 fully saturated rings. The Bertz CT molecular complexity index is 621. The molecule has 1 unspecified atom stereocenters. The molecule has 0 aliphatic carbocycles. The topological polar surface area (TPSA) is 150 Å². The van der Waals surface area contributed by atoms with Gasteiger partial charge in [0.2, 0.25) is 5.95 Å². The maximum Gasteiger partial charge on any atom is 0.354 e. The molecule has 0 spiro atoms. The van der Waals surface area contributed by atoms with Crippen molar-refractivity contribution in [3.63, 3.8) is 0 Å². The van der Waals surface area contributed by atoms with Crippen LogP contribution >= 0.6 is 0 Å². The lowest BCUT2D eigenvalue weighted by atomic mass is 9.91. The third kappa shape index (κ3) is 2.14. The van der Waals surface area contributed by atoms with Gasteiger partial charge < -0.3 is 26.4 Å². The molecule has 2 heterocycles. The fourth-order valence-corrected chi connectivity index (χ4v) is 2.11. The number of hydrogen-bond acceptors (Lipinski definition) is 8. The Balaban J connectivity index is 2.52. The van der Waals surface area contributed by atoms with Crippen LogP contribution in [0.25, 0.3) is 0 Å². The Morgan fingerprint density at radius 1 is 1.65 bits per heavy atom. The number of nitrogens with two attached hydrogens (primary N) is 2. The summed E-state index contributed by atoms with van der Waals surface area (Å²) in [5.74, 6) is 5.01. The van der Waals surface area contributed by atoms with Crippen LogP contribution in [-0.4, -0.2) is 49.1 Å². The smallest absolute Gasteiger partial charge is 0.354 e. The van der Waals surface area contributed by atoms with Crippen LogP contribution in [0, 0.1) is 11.8 Å². The molecule has 0 amide bonds. The summed E-state index contributed by atoms with van der Waals surface area (Å²) in [7, 11) is 0. The first kappa shape index (κ1) is 14.4. The van der Waals surface area contributed by atoms with Crippen LogP contribution in [0.2, 0.25) is 0 Å². The van der Waals surface area contributed by atoms with Crippen molar-refractivity contribution in [2.75, 3.05) is 12.3 Å². The van der Waals surface area contributed by atoms with Crippen molar-refractivity contribution in [3.8, 4) is 11.8 Å². The highest BCUT2D eigenvalue weighted by molar-refractivity contribution is 5.25. The van der Waals surface area contributed by atoms with Gasteiger partial charge in [-0.1, -0.05) is 5.92 Å². The Morgan fingerprint density at radius 2 is 2.35 bits per heavy atom. The number of aliphatic hydroxyl groups is 2. The van der Waals surface area contributed by atoms with Gasteiger partial charge in [-0.2, -0.15) is 4.98 Å². The van der Waals surface area contributed by atoms with Gasteiger partial charge in [0.15, 0.2) is 11.8 Å². The average Bonchev–Trinajstić information content (AvgIpc) is 2.63. The molecule has 9 nitrogen and oxygen atoms in total. The van der Waals surface area contributed by atoms with E-state index < -0.39 is 36.3 Å². The summed E-state index contributed by atoms with van der Waals surface area (Å²) in [5, 5.41) is 19.3. The number of ether oxygens (including phenoxy) is 1. The first-order chi connectivity index (χ1) is 9.43. The van der Waals surface area contributed by atoms with Crippen molar-refractivity contribution in [3.05, 3.63) is 16.8 Å². The minimum Gasteiger partial charge on any atom is -0.394 e. The van der Waals surface area contributed by atoms with E-state index in [1.165, 1.54) is 6.92 Å². The molecule has 0 radical (unpaired) electrons. The maximum atomic E-state index is 11.8. The standard InChI is InChI=1S/C11H15N5O4/c1-2-3-11(13)7(18)6(4-17)20-8(11)16-5-14-9(12)15-10(16)19/h5-8,17-18H,4,13H2,1H3,(H2,12,15,19)/t6-,7+,8-,11?/m1/s1. The van der Waals surface area contributed by atoms with Gasteiger partial charge in [-0.05, 0) is 6.92 Å². The summed E-state index contributed by atoms with van der Waals surface area (Å²) < 4.78 is 6.40. The molecule has 108 valence electrons. The highest BCUT2D eigenvalue weighted by Crippen LogP contribution is 2.35. The second-order valence-electron chi connectivity index (χ2n) is 4.37. The van der Waals surface area contributed by atoms with E-state index in [0.29, 0.717) is 0 Å². The molecule has 6 N–H and O–H groups in total. The summed E-state index contributed by atoms with van der Waals surface area (Å²) in [4.78, 5) is 19.0. The lowest BCUT2D eigenvalue weighted by molar-refractivity contribution is -0.0480. The SMILES string of the molecule is CC#CC1(N)[C@@H](O)[C@@H](CO)O[C@H]1n1cnc(N)nc1=O. The molecule has 1 saturated heterocycles. The molecule has 20 heavy (non-hydrogen) atoms. The van der Waals surface area contributed by atoms with Crippen molar-refractivity contribution >= 4 is 5.95 Å². The van der Waals surface area contributed by atoms with E-state index in [-0.39, 0.29) is 5.95 Å². The van der Waals surface area contributed by atoms with E-state index in [4.69, 9.17) is 16.2 Å². The van der Waals surface area contributed by atoms with Crippen LogP contribution in [0.4, 0.5) is 5.95 Å². The van der Waals surface area contributed by atoms with Crippen LogP contribution in [-0.2, 0) is 4.74 Å². The zero-order valence-corrected chi connectivity index (χ0v) is 10.7. The van der Waals surface area contributed by atoms with Crippen molar-refractivity contribution in [1.82, 2.24) is 14.5 Å². The van der Waals surface area contributed by atoms with Gasteiger partial charge in [0, 0.05) is 0 Å². The molecule has 9 heteroatoms. The van der Waals surface area contributed by atoms with Gasteiger partial charge in [-0.25, -0.2) is 9.78 Å². The second-order valence-corrected chi connectivity index (χ2v) is 4.37. The number of anilines is 1. The predicted molar refractivity (Wildman–Crippen MR) is 68.1 cm³/mol. The van der Waals surface area contributed by atoms with E-state index in [1.807, 2.05) is 0 Å². The van der Waals surface area contributed by atoms with Gasteiger partial charge in [-0.15, -0.1) is 5.92 Å². The first-order valence-corrected chi connectivity index (χ1v) is 5.82. The van der Waals surface area contributed by atoms with Crippen molar-refractivity contribution in [2.45, 2.75) is 30.9 Å². The summed E-state index contributed by atoms with van der Waals surface area (Å²) in [6.45, 7) is 1.07. The Hall–Kier alpha value is -1.99. The zero-order valence-electron chi connectivity index (χ0n) is 10.7. The predicted octanol–water partition coefficient (Wildman–Crippen LogP) is -2.81.